The Hall–Kier alpha value is -3.57. The van der Waals surface area contributed by atoms with Gasteiger partial charge in [0.05, 0.1) is 24.7 Å². The van der Waals surface area contributed by atoms with E-state index >= 15 is 4.39 Å². The van der Waals surface area contributed by atoms with Crippen LogP contribution in [0.5, 0.6) is 5.75 Å². The molecular formula is C36H47FN2O12. The minimum absolute atomic E-state index is 0.0205. The Kier molecular flexibility index (Phi) is 11.2. The molecule has 14 nitrogen and oxygen atoms in total. The second-order valence-corrected chi connectivity index (χ2v) is 14.6. The molecule has 0 aliphatic heterocycles. The van der Waals surface area contributed by atoms with Crippen LogP contribution in [0.1, 0.15) is 64.9 Å². The molecule has 0 bridgehead atoms. The Labute approximate surface area is 294 Å². The molecule has 0 amide bonds. The topological polar surface area (TPSA) is 215 Å². The smallest absolute Gasteiger partial charge is 0.465 e. The van der Waals surface area contributed by atoms with Crippen molar-refractivity contribution in [1.82, 2.24) is 5.39 Å². The molecule has 1 aromatic carbocycles. The van der Waals surface area contributed by atoms with Gasteiger partial charge >= 0.3 is 12.1 Å². The number of benzene rings is 1. The van der Waals surface area contributed by atoms with Gasteiger partial charge in [0.25, 0.3) is 0 Å². The Morgan fingerprint density at radius 2 is 1.76 bits per heavy atom. The molecule has 0 spiro atoms. The number of hydrogen-bond donors (Lipinski definition) is 5. The highest BCUT2D eigenvalue weighted by molar-refractivity contribution is 6.01. The summed E-state index contributed by atoms with van der Waals surface area (Å²) in [6.45, 7) is 4.39. The number of ether oxygens (including phenoxy) is 3. The normalized spacial score (nSPS) is 34.5. The zero-order chi connectivity index (χ0) is 37.4. The number of nitrogens with two attached hydrogens (primary N) is 1. The van der Waals surface area contributed by atoms with Gasteiger partial charge in [-0.3, -0.25) is 29.6 Å². The monoisotopic (exact) mass is 718 g/mol. The van der Waals surface area contributed by atoms with E-state index in [0.717, 1.165) is 0 Å². The number of halogens is 1. The van der Waals surface area contributed by atoms with Crippen LogP contribution < -0.4 is 10.5 Å². The summed E-state index contributed by atoms with van der Waals surface area (Å²) in [4.78, 5) is 55.0. The molecule has 15 heteroatoms. The number of allylic oxidation sites excluding steroid dienone is 4. The number of ketones is 2. The fraction of sp³-hybridized carbons (Fsp3) is 0.611. The average molecular weight is 719 g/mol. The summed E-state index contributed by atoms with van der Waals surface area (Å²) in [5, 5.41) is 40.1. The molecule has 3 fully saturated rings. The molecule has 0 heterocycles. The van der Waals surface area contributed by atoms with Gasteiger partial charge in [-0.15, -0.1) is 0 Å². The Morgan fingerprint density at radius 3 is 2.45 bits per heavy atom. The van der Waals surface area contributed by atoms with Gasteiger partial charge in [-0.05, 0) is 93.6 Å². The van der Waals surface area contributed by atoms with Gasteiger partial charge in [0.15, 0.2) is 18.1 Å². The predicted molar refractivity (Wildman–Crippen MR) is 175 cm³/mol. The number of rotatable bonds is 13. The minimum Gasteiger partial charge on any atom is -0.465 e. The van der Waals surface area contributed by atoms with Crippen molar-refractivity contribution < 1.29 is 63.2 Å². The molecule has 1 aromatic rings. The fourth-order valence-corrected chi connectivity index (χ4v) is 9.16. The van der Waals surface area contributed by atoms with Gasteiger partial charge in [0.2, 0.25) is 5.78 Å². The SMILES string of the molecule is C[C@H]1C[C@H]2[C@@H]3CCC4=CC(=O)C=C[C@]4(C)[C@@]3(F)[C@@H](O)C[C@]2(C)[C@@]1(O)C(=O)COC(=O)Oc1ccc(C[C@H](N)C(=O)OCCCCON(O)O)cc1. The van der Waals surface area contributed by atoms with Gasteiger partial charge in [0, 0.05) is 16.7 Å². The summed E-state index contributed by atoms with van der Waals surface area (Å²) in [6.07, 6.45) is 3.49. The number of aliphatic hydroxyl groups is 2. The Bertz CT molecular complexity index is 1570. The van der Waals surface area contributed by atoms with Gasteiger partial charge in [-0.2, -0.15) is 0 Å². The second-order valence-electron chi connectivity index (χ2n) is 14.6. The van der Waals surface area contributed by atoms with Crippen molar-refractivity contribution in [3.05, 3.63) is 53.6 Å². The number of Topliss-reactive ketones (excluding diaryl/α,β-unsaturated/α-hetero) is 1. The van der Waals surface area contributed by atoms with Crippen molar-refractivity contribution in [3.8, 4) is 5.75 Å². The first-order valence-electron chi connectivity index (χ1n) is 17.2. The lowest BCUT2D eigenvalue weighted by atomic mass is 9.44. The Morgan fingerprint density at radius 1 is 1.08 bits per heavy atom. The lowest BCUT2D eigenvalue weighted by molar-refractivity contribution is -0.492. The molecule has 4 aliphatic rings. The van der Waals surface area contributed by atoms with Crippen molar-refractivity contribution in [2.45, 2.75) is 89.1 Å². The van der Waals surface area contributed by atoms with Crippen molar-refractivity contribution in [2.24, 2.45) is 34.3 Å². The first-order chi connectivity index (χ1) is 24.0. The van der Waals surface area contributed by atoms with Gasteiger partial charge < -0.3 is 30.2 Å². The van der Waals surface area contributed by atoms with Crippen LogP contribution in [0.2, 0.25) is 0 Å². The van der Waals surface area contributed by atoms with Crippen molar-refractivity contribution in [3.63, 3.8) is 0 Å². The summed E-state index contributed by atoms with van der Waals surface area (Å²) in [5.74, 6) is -3.31. The molecule has 4 aliphatic carbocycles. The number of fused-ring (bicyclic) bond motifs is 5. The average Bonchev–Trinajstić information content (AvgIpc) is 3.28. The second kappa shape index (κ2) is 14.8. The number of esters is 1. The van der Waals surface area contributed by atoms with E-state index in [0.29, 0.717) is 43.2 Å². The highest BCUT2D eigenvalue weighted by Gasteiger charge is 2.75. The summed E-state index contributed by atoms with van der Waals surface area (Å²) >= 11 is 0. The molecule has 9 atom stereocenters. The summed E-state index contributed by atoms with van der Waals surface area (Å²) in [6, 6.07) is 5.12. The largest absolute Gasteiger partial charge is 0.514 e. The van der Waals surface area contributed by atoms with Crippen LogP contribution in [0.25, 0.3) is 0 Å². The summed E-state index contributed by atoms with van der Waals surface area (Å²) in [7, 11) is 0. The highest BCUT2D eigenvalue weighted by atomic mass is 19.1. The minimum atomic E-state index is -2.11. The quantitative estimate of drug-likeness (QED) is 0.0857. The molecule has 3 saturated carbocycles. The van der Waals surface area contributed by atoms with Gasteiger partial charge in [0.1, 0.15) is 17.4 Å². The van der Waals surface area contributed by atoms with Gasteiger partial charge in [-0.1, -0.05) is 37.6 Å². The van der Waals surface area contributed by atoms with E-state index in [1.165, 1.54) is 24.3 Å². The molecule has 51 heavy (non-hydrogen) atoms. The van der Waals surface area contributed by atoms with E-state index in [1.54, 1.807) is 39.0 Å². The van der Waals surface area contributed by atoms with Crippen molar-refractivity contribution in [2.75, 3.05) is 19.8 Å². The van der Waals surface area contributed by atoms with Crippen LogP contribution in [0.4, 0.5) is 9.18 Å². The number of carbonyl (C=O) groups excluding carboxylic acids is 4. The zero-order valence-corrected chi connectivity index (χ0v) is 29.0. The van der Waals surface area contributed by atoms with E-state index in [4.69, 9.17) is 30.4 Å². The maximum atomic E-state index is 17.4. The number of alkyl halides is 1. The van der Waals surface area contributed by atoms with E-state index < -0.39 is 81.9 Å². The van der Waals surface area contributed by atoms with Gasteiger partial charge in [-0.25, -0.2) is 9.18 Å². The number of hydrogen-bond acceptors (Lipinski definition) is 14. The van der Waals surface area contributed by atoms with Crippen LogP contribution in [0.3, 0.4) is 0 Å². The molecule has 0 radical (unpaired) electrons. The summed E-state index contributed by atoms with van der Waals surface area (Å²) < 4.78 is 32.8. The predicted octanol–water partition coefficient (Wildman–Crippen LogP) is 3.32. The van der Waals surface area contributed by atoms with Crippen LogP contribution in [0, 0.1) is 28.6 Å². The molecule has 0 unspecified atom stereocenters. The molecule has 0 aromatic heterocycles. The third-order valence-electron chi connectivity index (χ3n) is 11.8. The number of carbonyl (C=O) groups is 4. The lowest BCUT2D eigenvalue weighted by Gasteiger charge is -2.62. The lowest BCUT2D eigenvalue weighted by Crippen LogP contribution is -2.69. The third kappa shape index (κ3) is 7.00. The molecule has 6 N–H and O–H groups in total. The number of nitrogens with zero attached hydrogens (tertiary/aromatic N) is 1. The molecule has 280 valence electrons. The number of unbranched alkanes of at least 4 members (excludes halogenated alkanes) is 1. The summed E-state index contributed by atoms with van der Waals surface area (Å²) in [5.41, 5.74) is 0.672. The van der Waals surface area contributed by atoms with Crippen LogP contribution in [0.15, 0.2) is 48.1 Å². The third-order valence-corrected chi connectivity index (χ3v) is 11.8. The molecule has 0 saturated heterocycles. The first kappa shape index (κ1) is 38.7. The fourth-order valence-electron chi connectivity index (χ4n) is 9.16. The van der Waals surface area contributed by atoms with Crippen molar-refractivity contribution in [1.29, 1.82) is 0 Å². The first-order valence-corrected chi connectivity index (χ1v) is 17.2. The van der Waals surface area contributed by atoms with E-state index in [1.807, 2.05) is 0 Å². The van der Waals surface area contributed by atoms with Crippen LogP contribution >= 0.6 is 0 Å². The maximum absolute atomic E-state index is 17.4. The maximum Gasteiger partial charge on any atom is 0.514 e. The van der Waals surface area contributed by atoms with E-state index in [-0.39, 0.29) is 37.6 Å². The molecule has 5 rings (SSSR count). The standard InChI is InChI=1S/C36H47FN2O12/c1-21-16-27-26-11-8-23-18-24(40)12-13-33(23,2)35(26,37)29(41)19-34(27,3)36(21,45)30(42)20-49-32(44)51-25-9-6-22(7-10-25)17-28(38)31(43)48-14-4-5-15-50-39(46)47/h6-7,9-10,12-13,18,21,26-29,41,45-47H,4-5,8,11,14-17,19-20,38H2,1-3H3/t21-,26-,27-,28-,29-,33-,34-,35-,36-/m0/s1. The van der Waals surface area contributed by atoms with Crippen LogP contribution in [-0.4, -0.2) is 92.9 Å². The van der Waals surface area contributed by atoms with Crippen molar-refractivity contribution >= 4 is 23.7 Å². The van der Waals surface area contributed by atoms with E-state index in [9.17, 15) is 29.4 Å². The van der Waals surface area contributed by atoms with E-state index in [2.05, 4.69) is 4.84 Å². The molecular weight excluding hydrogens is 671 g/mol. The highest BCUT2D eigenvalue weighted by Crippen LogP contribution is 2.70. The van der Waals surface area contributed by atoms with Crippen LogP contribution in [-0.2, 0) is 35.1 Å². The number of aliphatic hydroxyl groups excluding tert-OH is 1. The Balaban J connectivity index is 1.15. The zero-order valence-electron chi connectivity index (χ0n) is 29.0.